The Labute approximate surface area is 283 Å². The Bertz CT molecular complexity index is 1890. The Morgan fingerprint density at radius 3 is 2.44 bits per heavy atom. The molecule has 5 rings (SSSR count). The summed E-state index contributed by atoms with van der Waals surface area (Å²) in [6.45, 7) is 6.10. The van der Waals surface area contributed by atoms with Crippen molar-refractivity contribution in [2.45, 2.75) is 33.4 Å². The summed E-state index contributed by atoms with van der Waals surface area (Å²) in [5.74, 6) is -0.203. The van der Waals surface area contributed by atoms with Crippen molar-refractivity contribution in [1.29, 1.82) is 0 Å². The van der Waals surface area contributed by atoms with E-state index in [2.05, 4.69) is 50.2 Å². The highest BCUT2D eigenvalue weighted by atomic mass is 127. The number of hydrogen-bond acceptors (Lipinski definition) is 9. The average Bonchev–Trinajstić information content (AvgIpc) is 3.61. The molecule has 0 radical (unpaired) electrons. The van der Waals surface area contributed by atoms with Crippen LogP contribution in [0.2, 0.25) is 0 Å². The molecule has 8 nitrogen and oxygen atoms in total. The summed E-state index contributed by atoms with van der Waals surface area (Å²) in [6, 6.07) is 14.3. The van der Waals surface area contributed by atoms with E-state index in [1.807, 2.05) is 47.9 Å². The van der Waals surface area contributed by atoms with Gasteiger partial charge in [0, 0.05) is 14.0 Å². The van der Waals surface area contributed by atoms with Crippen LogP contribution in [0, 0.1) is 7.14 Å². The van der Waals surface area contributed by atoms with Gasteiger partial charge in [-0.2, -0.15) is 0 Å². The van der Waals surface area contributed by atoms with Gasteiger partial charge >= 0.3 is 11.9 Å². The zero-order valence-electron chi connectivity index (χ0n) is 23.4. The quantitative estimate of drug-likeness (QED) is 0.156. The third kappa shape index (κ3) is 6.81. The van der Waals surface area contributed by atoms with Crippen molar-refractivity contribution in [3.05, 3.63) is 114 Å². The summed E-state index contributed by atoms with van der Waals surface area (Å²) >= 11 is 7.22. The molecule has 0 amide bonds. The maximum absolute atomic E-state index is 14.0. The first-order valence-corrected chi connectivity index (χ1v) is 17.2. The third-order valence-corrected chi connectivity index (χ3v) is 9.83. The molecule has 3 heterocycles. The summed E-state index contributed by atoms with van der Waals surface area (Å²) in [6.07, 6.45) is 1.82. The summed E-state index contributed by atoms with van der Waals surface area (Å²) in [5, 5.41) is 1.92. The van der Waals surface area contributed by atoms with E-state index in [0.29, 0.717) is 38.5 Å². The number of rotatable bonds is 9. The predicted molar refractivity (Wildman–Crippen MR) is 183 cm³/mol. The maximum atomic E-state index is 14.0. The topological polar surface area (TPSA) is 96.2 Å². The van der Waals surface area contributed by atoms with E-state index in [0.717, 1.165) is 23.1 Å². The van der Waals surface area contributed by atoms with Gasteiger partial charge in [-0.25, -0.2) is 14.6 Å². The van der Waals surface area contributed by atoms with Crippen LogP contribution in [0.1, 0.15) is 53.2 Å². The van der Waals surface area contributed by atoms with Crippen LogP contribution in [0.4, 0.5) is 0 Å². The molecule has 12 heteroatoms. The molecular weight excluding hydrogens is 814 g/mol. The maximum Gasteiger partial charge on any atom is 0.338 e. The van der Waals surface area contributed by atoms with Crippen molar-refractivity contribution in [1.82, 2.24) is 4.57 Å². The number of thiazole rings is 1. The molecule has 0 saturated carbocycles. The number of carbonyl (C=O) groups is 2. The number of carbonyl (C=O) groups excluding carboxylic acids is 2. The molecule has 43 heavy (non-hydrogen) atoms. The summed E-state index contributed by atoms with van der Waals surface area (Å²) < 4.78 is 20.7. The van der Waals surface area contributed by atoms with Gasteiger partial charge in [0.15, 0.2) is 4.80 Å². The highest BCUT2D eigenvalue weighted by Gasteiger charge is 2.34. The van der Waals surface area contributed by atoms with E-state index in [4.69, 9.17) is 14.2 Å². The van der Waals surface area contributed by atoms with E-state index in [1.165, 1.54) is 22.7 Å². The van der Waals surface area contributed by atoms with E-state index in [9.17, 15) is 14.4 Å². The summed E-state index contributed by atoms with van der Waals surface area (Å²) in [7, 11) is 0. The largest absolute Gasteiger partial charge is 0.487 e. The van der Waals surface area contributed by atoms with Gasteiger partial charge in [0.2, 0.25) is 0 Å². The van der Waals surface area contributed by atoms with Crippen LogP contribution in [0.15, 0.2) is 75.0 Å². The lowest BCUT2D eigenvalue weighted by Crippen LogP contribution is -2.39. The van der Waals surface area contributed by atoms with E-state index < -0.39 is 12.0 Å². The SMILES string of the molecule is CCOC(=O)C1=C(C)N=c2s/c(=C\c3cc(I)cc(I)c3OCc3ccc(C(=O)OCC)cc3)c(=O)n2[C@H]1c1cccs1. The normalized spacial score (nSPS) is 14.7. The fourth-order valence-electron chi connectivity index (χ4n) is 4.60. The van der Waals surface area contributed by atoms with Gasteiger partial charge in [-0.15, -0.1) is 11.3 Å². The smallest absolute Gasteiger partial charge is 0.338 e. The molecule has 0 saturated heterocycles. The third-order valence-electron chi connectivity index (χ3n) is 6.50. The number of halogens is 2. The molecule has 0 unspecified atom stereocenters. The van der Waals surface area contributed by atoms with Crippen molar-refractivity contribution < 1.29 is 23.8 Å². The average molecular weight is 840 g/mol. The van der Waals surface area contributed by atoms with Crippen molar-refractivity contribution >= 4 is 85.9 Å². The molecule has 1 aliphatic heterocycles. The minimum Gasteiger partial charge on any atom is -0.487 e. The molecule has 2 aromatic heterocycles. The Balaban J connectivity index is 1.54. The van der Waals surface area contributed by atoms with Gasteiger partial charge in [-0.1, -0.05) is 29.5 Å². The lowest BCUT2D eigenvalue weighted by atomic mass is 10.0. The molecule has 0 spiro atoms. The Hall–Kier alpha value is -2.82. The highest BCUT2D eigenvalue weighted by Crippen LogP contribution is 2.33. The van der Waals surface area contributed by atoms with Gasteiger partial charge in [-0.05, 0) is 113 Å². The van der Waals surface area contributed by atoms with Gasteiger partial charge in [-0.3, -0.25) is 9.36 Å². The molecule has 4 aromatic rings. The molecule has 0 fully saturated rings. The number of ether oxygens (including phenoxy) is 3. The molecule has 0 aliphatic carbocycles. The Morgan fingerprint density at radius 2 is 1.77 bits per heavy atom. The first-order valence-electron chi connectivity index (χ1n) is 13.3. The molecule has 222 valence electrons. The zero-order chi connectivity index (χ0) is 30.7. The molecular formula is C31H26I2N2O6S2. The predicted octanol–water partition coefficient (Wildman–Crippen LogP) is 5.82. The standard InChI is InChI=1S/C31H26I2N2O6S2/c1-4-39-29(37)19-10-8-18(9-11-19)16-41-27-20(13-21(32)15-22(27)33)14-24-28(36)35-26(23-7-6-12-42-23)25(30(38)40-5-2)17(3)34-31(35)43-24/h6-15,26H,4-5,16H2,1-3H3/b24-14-/t26-/m0/s1. The van der Waals surface area contributed by atoms with Gasteiger partial charge in [0.25, 0.3) is 5.56 Å². The van der Waals surface area contributed by atoms with Crippen LogP contribution in [0.5, 0.6) is 5.75 Å². The minimum atomic E-state index is -0.623. The number of hydrogen-bond donors (Lipinski definition) is 0. The molecule has 2 aromatic carbocycles. The second-order valence-electron chi connectivity index (χ2n) is 9.33. The van der Waals surface area contributed by atoms with Crippen molar-refractivity contribution in [3.63, 3.8) is 0 Å². The van der Waals surface area contributed by atoms with E-state index >= 15 is 0 Å². The number of allylic oxidation sites excluding steroid dienone is 1. The second-order valence-corrected chi connectivity index (χ2v) is 13.7. The van der Waals surface area contributed by atoms with Crippen molar-refractivity contribution in [3.8, 4) is 5.75 Å². The van der Waals surface area contributed by atoms with Gasteiger partial charge in [0.1, 0.15) is 18.4 Å². The number of benzene rings is 2. The van der Waals surface area contributed by atoms with E-state index in [-0.39, 0.29) is 24.7 Å². The summed E-state index contributed by atoms with van der Waals surface area (Å²) in [4.78, 5) is 45.0. The molecule has 0 N–H and O–H groups in total. The second kappa shape index (κ2) is 13.9. The lowest BCUT2D eigenvalue weighted by molar-refractivity contribution is -0.139. The Morgan fingerprint density at radius 1 is 1.05 bits per heavy atom. The van der Waals surface area contributed by atoms with Crippen LogP contribution >= 0.6 is 67.9 Å². The number of thiophene rings is 1. The lowest BCUT2D eigenvalue weighted by Gasteiger charge is -2.23. The Kier molecular flexibility index (Phi) is 10.2. The van der Waals surface area contributed by atoms with Crippen LogP contribution in [-0.2, 0) is 20.9 Å². The zero-order valence-corrected chi connectivity index (χ0v) is 29.3. The van der Waals surface area contributed by atoms with E-state index in [1.54, 1.807) is 37.5 Å². The summed E-state index contributed by atoms with van der Waals surface area (Å²) in [5.41, 5.74) is 2.76. The van der Waals surface area contributed by atoms with Crippen LogP contribution < -0.4 is 19.6 Å². The first-order chi connectivity index (χ1) is 20.7. The van der Waals surface area contributed by atoms with Crippen LogP contribution in [0.3, 0.4) is 0 Å². The van der Waals surface area contributed by atoms with Gasteiger partial charge in [0.05, 0.1) is 38.1 Å². The number of fused-ring (bicyclic) bond motifs is 1. The minimum absolute atomic E-state index is 0.223. The molecule has 0 bridgehead atoms. The number of aromatic nitrogens is 1. The number of nitrogens with zero attached hydrogens (tertiary/aromatic N) is 2. The van der Waals surface area contributed by atoms with Crippen molar-refractivity contribution in [2.75, 3.05) is 13.2 Å². The van der Waals surface area contributed by atoms with Crippen molar-refractivity contribution in [2.24, 2.45) is 4.99 Å². The molecule has 1 atom stereocenters. The van der Waals surface area contributed by atoms with Gasteiger partial charge < -0.3 is 14.2 Å². The molecule has 1 aliphatic rings. The fourth-order valence-corrected chi connectivity index (χ4v) is 8.50. The van der Waals surface area contributed by atoms with Crippen LogP contribution in [0.25, 0.3) is 6.08 Å². The van der Waals surface area contributed by atoms with Crippen LogP contribution in [-0.4, -0.2) is 29.7 Å². The fraction of sp³-hybridized carbons (Fsp3) is 0.226. The highest BCUT2D eigenvalue weighted by molar-refractivity contribution is 14.1. The monoisotopic (exact) mass is 840 g/mol. The first kappa shape index (κ1) is 31.6. The number of esters is 2.